The van der Waals surface area contributed by atoms with Crippen LogP contribution in [0.5, 0.6) is 0 Å². The minimum absolute atomic E-state index is 0.0722. The van der Waals surface area contributed by atoms with Crippen LogP contribution in [0.1, 0.15) is 22.8 Å². The van der Waals surface area contributed by atoms with Gasteiger partial charge in [0.25, 0.3) is 5.91 Å². The number of halogens is 1. The van der Waals surface area contributed by atoms with E-state index in [4.69, 9.17) is 5.73 Å². The van der Waals surface area contributed by atoms with E-state index in [1.807, 2.05) is 20.1 Å². The third kappa shape index (κ3) is 3.92. The second-order valence-electron chi connectivity index (χ2n) is 4.00. The molecule has 0 aliphatic heterocycles. The van der Waals surface area contributed by atoms with Gasteiger partial charge in [-0.2, -0.15) is 11.8 Å². The molecule has 1 aromatic rings. The topological polar surface area (TPSA) is 55.1 Å². The molecule has 3 nitrogen and oxygen atoms in total. The fourth-order valence-corrected chi connectivity index (χ4v) is 2.59. The summed E-state index contributed by atoms with van der Waals surface area (Å²) in [5.74, 6) is 0.825. The summed E-state index contributed by atoms with van der Waals surface area (Å²) in [4.78, 5) is 12.1. The smallest absolute Gasteiger partial charge is 0.251 e. The van der Waals surface area contributed by atoms with Crippen LogP contribution in [-0.4, -0.2) is 24.0 Å². The summed E-state index contributed by atoms with van der Waals surface area (Å²) in [7, 11) is 0. The van der Waals surface area contributed by atoms with E-state index in [-0.39, 0.29) is 11.9 Å². The van der Waals surface area contributed by atoms with Crippen LogP contribution in [0.25, 0.3) is 0 Å². The first-order valence-electron chi connectivity index (χ1n) is 5.31. The zero-order valence-corrected chi connectivity index (χ0v) is 12.6. The number of carbonyl (C=O) groups is 1. The van der Waals surface area contributed by atoms with Gasteiger partial charge in [0, 0.05) is 27.5 Å². The maximum atomic E-state index is 12.1. The van der Waals surface area contributed by atoms with Gasteiger partial charge in [-0.25, -0.2) is 0 Å². The monoisotopic (exact) mass is 316 g/mol. The molecule has 0 heterocycles. The average Bonchev–Trinajstić information content (AvgIpc) is 2.23. The predicted molar refractivity (Wildman–Crippen MR) is 78.6 cm³/mol. The van der Waals surface area contributed by atoms with Crippen LogP contribution in [0.3, 0.4) is 0 Å². The molecule has 94 valence electrons. The highest BCUT2D eigenvalue weighted by atomic mass is 79.9. The maximum absolute atomic E-state index is 12.1. The third-order valence-corrected chi connectivity index (χ3v) is 3.74. The Balaban J connectivity index is 2.89. The lowest BCUT2D eigenvalue weighted by Gasteiger charge is -2.14. The highest BCUT2D eigenvalue weighted by Gasteiger charge is 2.14. The molecule has 0 bridgehead atoms. The summed E-state index contributed by atoms with van der Waals surface area (Å²) in [6, 6.07) is 3.75. The number of amides is 1. The van der Waals surface area contributed by atoms with Crippen molar-refractivity contribution in [2.24, 2.45) is 0 Å². The normalized spacial score (nSPS) is 12.2. The second-order valence-corrected chi connectivity index (χ2v) is 5.82. The Morgan fingerprint density at radius 3 is 2.82 bits per heavy atom. The fourth-order valence-electron chi connectivity index (χ4n) is 1.53. The highest BCUT2D eigenvalue weighted by Crippen LogP contribution is 2.22. The number of nitrogen functional groups attached to an aromatic ring is 1. The molecule has 0 saturated carbocycles. The van der Waals surface area contributed by atoms with E-state index in [2.05, 4.69) is 21.2 Å². The van der Waals surface area contributed by atoms with Crippen LogP contribution in [-0.2, 0) is 0 Å². The molecule has 5 heteroatoms. The Kier molecular flexibility index (Phi) is 5.33. The minimum atomic E-state index is -0.0722. The van der Waals surface area contributed by atoms with Gasteiger partial charge < -0.3 is 11.1 Å². The van der Waals surface area contributed by atoms with Crippen LogP contribution >= 0.6 is 27.7 Å². The van der Waals surface area contributed by atoms with Crippen molar-refractivity contribution < 1.29 is 4.79 Å². The van der Waals surface area contributed by atoms with Gasteiger partial charge in [-0.1, -0.05) is 15.9 Å². The molecule has 1 amide bonds. The molecule has 0 radical (unpaired) electrons. The van der Waals surface area contributed by atoms with Crippen molar-refractivity contribution in [1.29, 1.82) is 0 Å². The lowest BCUT2D eigenvalue weighted by atomic mass is 10.1. The molecule has 1 unspecified atom stereocenters. The lowest BCUT2D eigenvalue weighted by molar-refractivity contribution is 0.0943. The van der Waals surface area contributed by atoms with Gasteiger partial charge in [-0.05, 0) is 37.8 Å². The van der Waals surface area contributed by atoms with Gasteiger partial charge in [0.2, 0.25) is 0 Å². The van der Waals surface area contributed by atoms with E-state index in [1.165, 1.54) is 0 Å². The summed E-state index contributed by atoms with van der Waals surface area (Å²) in [5.41, 5.74) is 7.91. The Hall–Kier alpha value is -0.680. The van der Waals surface area contributed by atoms with Crippen LogP contribution in [0.4, 0.5) is 5.69 Å². The number of benzene rings is 1. The third-order valence-electron chi connectivity index (χ3n) is 2.45. The van der Waals surface area contributed by atoms with Gasteiger partial charge in [0.1, 0.15) is 0 Å². The van der Waals surface area contributed by atoms with Gasteiger partial charge in [-0.15, -0.1) is 0 Å². The summed E-state index contributed by atoms with van der Waals surface area (Å²) < 4.78 is 0.822. The van der Waals surface area contributed by atoms with E-state index < -0.39 is 0 Å². The van der Waals surface area contributed by atoms with Gasteiger partial charge in [0.05, 0.1) is 0 Å². The number of thioether (sulfide) groups is 1. The molecule has 0 aliphatic carbocycles. The minimum Gasteiger partial charge on any atom is -0.398 e. The summed E-state index contributed by atoms with van der Waals surface area (Å²) >= 11 is 5.06. The zero-order chi connectivity index (χ0) is 13.0. The first-order chi connectivity index (χ1) is 7.95. The Labute approximate surface area is 115 Å². The van der Waals surface area contributed by atoms with Crippen molar-refractivity contribution in [1.82, 2.24) is 5.32 Å². The number of nitrogens with two attached hydrogens (primary N) is 1. The van der Waals surface area contributed by atoms with E-state index in [9.17, 15) is 4.79 Å². The molecule has 1 rings (SSSR count). The quantitative estimate of drug-likeness (QED) is 0.840. The summed E-state index contributed by atoms with van der Waals surface area (Å²) in [6.07, 6.45) is 2.02. The molecule has 0 saturated heterocycles. The Morgan fingerprint density at radius 2 is 2.24 bits per heavy atom. The largest absolute Gasteiger partial charge is 0.398 e. The van der Waals surface area contributed by atoms with E-state index in [0.717, 1.165) is 15.8 Å². The molecular weight excluding hydrogens is 300 g/mol. The SMILES string of the molecule is CSCC(C)NC(=O)c1cc(Br)cc(N)c1C. The molecule has 0 aliphatic rings. The van der Waals surface area contributed by atoms with Crippen molar-refractivity contribution in [2.45, 2.75) is 19.9 Å². The average molecular weight is 317 g/mol. The van der Waals surface area contributed by atoms with Gasteiger partial charge >= 0.3 is 0 Å². The number of carbonyl (C=O) groups excluding carboxylic acids is 1. The van der Waals surface area contributed by atoms with Crippen molar-refractivity contribution in [2.75, 3.05) is 17.7 Å². The number of rotatable bonds is 4. The molecule has 17 heavy (non-hydrogen) atoms. The first kappa shape index (κ1) is 14.4. The number of hydrogen-bond donors (Lipinski definition) is 2. The molecule has 1 atom stereocenters. The predicted octanol–water partition coefficient (Wildman–Crippen LogP) is 2.82. The van der Waals surface area contributed by atoms with Crippen molar-refractivity contribution in [3.05, 3.63) is 27.7 Å². The maximum Gasteiger partial charge on any atom is 0.251 e. The van der Waals surface area contributed by atoms with Crippen LogP contribution in [0.15, 0.2) is 16.6 Å². The van der Waals surface area contributed by atoms with Crippen molar-refractivity contribution in [3.63, 3.8) is 0 Å². The zero-order valence-electron chi connectivity index (χ0n) is 10.2. The number of hydrogen-bond acceptors (Lipinski definition) is 3. The molecule has 0 fully saturated rings. The van der Waals surface area contributed by atoms with Gasteiger partial charge in [-0.3, -0.25) is 4.79 Å². The first-order valence-corrected chi connectivity index (χ1v) is 7.49. The molecule has 1 aromatic carbocycles. The Bertz CT molecular complexity index is 423. The standard InChI is InChI=1S/C12H17BrN2OS/c1-7(6-17-3)15-12(16)10-4-9(13)5-11(14)8(10)2/h4-5,7H,6,14H2,1-3H3,(H,15,16). The number of nitrogens with one attached hydrogen (secondary N) is 1. The number of anilines is 1. The highest BCUT2D eigenvalue weighted by molar-refractivity contribution is 9.10. The Morgan fingerprint density at radius 1 is 1.59 bits per heavy atom. The van der Waals surface area contributed by atoms with Gasteiger partial charge in [0.15, 0.2) is 0 Å². The lowest BCUT2D eigenvalue weighted by Crippen LogP contribution is -2.34. The van der Waals surface area contributed by atoms with Crippen LogP contribution < -0.4 is 11.1 Å². The summed E-state index contributed by atoms with van der Waals surface area (Å²) in [6.45, 7) is 3.85. The second kappa shape index (κ2) is 6.31. The molecular formula is C12H17BrN2OS. The van der Waals surface area contributed by atoms with Crippen LogP contribution in [0, 0.1) is 6.92 Å². The fraction of sp³-hybridized carbons (Fsp3) is 0.417. The summed E-state index contributed by atoms with van der Waals surface area (Å²) in [5, 5.41) is 2.96. The molecule has 3 N–H and O–H groups in total. The van der Waals surface area contributed by atoms with E-state index in [1.54, 1.807) is 23.9 Å². The van der Waals surface area contributed by atoms with Crippen molar-refractivity contribution in [3.8, 4) is 0 Å². The van der Waals surface area contributed by atoms with E-state index in [0.29, 0.717) is 11.3 Å². The van der Waals surface area contributed by atoms with Crippen molar-refractivity contribution >= 4 is 39.3 Å². The molecule has 0 aromatic heterocycles. The van der Waals surface area contributed by atoms with E-state index >= 15 is 0 Å². The van der Waals surface area contributed by atoms with Crippen LogP contribution in [0.2, 0.25) is 0 Å². The molecule has 0 spiro atoms.